The molecular weight excluding hydrogens is 216 g/mol. The van der Waals surface area contributed by atoms with Crippen LogP contribution >= 0.6 is 0 Å². The van der Waals surface area contributed by atoms with Gasteiger partial charge in [0.05, 0.1) is 6.54 Å². The minimum Gasteiger partial charge on any atom is -0.338 e. The standard InChI is InChI=1S/C12H22N4O/c1-12(2,3)8-10-14-11(17-15-10)9-16-6-4-13-5-7-16/h13H,4-9H2,1-3H3. The van der Waals surface area contributed by atoms with Gasteiger partial charge in [0.1, 0.15) is 0 Å². The maximum atomic E-state index is 5.29. The highest BCUT2D eigenvalue weighted by molar-refractivity contribution is 4.90. The lowest BCUT2D eigenvalue weighted by Gasteiger charge is -2.25. The van der Waals surface area contributed by atoms with Crippen LogP contribution < -0.4 is 5.32 Å². The van der Waals surface area contributed by atoms with Gasteiger partial charge in [0.25, 0.3) is 0 Å². The third kappa shape index (κ3) is 4.09. The first-order chi connectivity index (χ1) is 8.03. The molecule has 0 aliphatic carbocycles. The predicted molar refractivity (Wildman–Crippen MR) is 65.6 cm³/mol. The van der Waals surface area contributed by atoms with Gasteiger partial charge < -0.3 is 9.84 Å². The van der Waals surface area contributed by atoms with Crippen molar-refractivity contribution in [2.24, 2.45) is 5.41 Å². The number of piperazine rings is 1. The molecule has 2 heterocycles. The molecule has 1 aromatic rings. The van der Waals surface area contributed by atoms with Crippen molar-refractivity contribution >= 4 is 0 Å². The summed E-state index contributed by atoms with van der Waals surface area (Å²) in [5.74, 6) is 1.56. The lowest BCUT2D eigenvalue weighted by molar-refractivity contribution is 0.203. The molecule has 2 rings (SSSR count). The van der Waals surface area contributed by atoms with Crippen LogP contribution in [0.2, 0.25) is 0 Å². The Balaban J connectivity index is 1.89. The first kappa shape index (κ1) is 12.5. The minimum atomic E-state index is 0.205. The molecule has 1 N–H and O–H groups in total. The summed E-state index contributed by atoms with van der Waals surface area (Å²) in [6, 6.07) is 0. The van der Waals surface area contributed by atoms with Crippen LogP contribution in [0, 0.1) is 5.41 Å². The number of hydrogen-bond donors (Lipinski definition) is 1. The molecule has 1 fully saturated rings. The van der Waals surface area contributed by atoms with Crippen molar-refractivity contribution in [2.45, 2.75) is 33.7 Å². The Morgan fingerprint density at radius 3 is 2.65 bits per heavy atom. The molecule has 0 radical (unpaired) electrons. The molecule has 5 nitrogen and oxygen atoms in total. The quantitative estimate of drug-likeness (QED) is 0.853. The Morgan fingerprint density at radius 1 is 1.29 bits per heavy atom. The molecule has 0 unspecified atom stereocenters. The van der Waals surface area contributed by atoms with Crippen LogP contribution in [0.3, 0.4) is 0 Å². The van der Waals surface area contributed by atoms with Gasteiger partial charge >= 0.3 is 0 Å². The van der Waals surface area contributed by atoms with Crippen molar-refractivity contribution in [3.05, 3.63) is 11.7 Å². The SMILES string of the molecule is CC(C)(C)Cc1noc(CN2CCNCC2)n1. The van der Waals surface area contributed by atoms with E-state index < -0.39 is 0 Å². The fourth-order valence-electron chi connectivity index (χ4n) is 1.96. The van der Waals surface area contributed by atoms with Crippen LogP contribution in [0.1, 0.15) is 32.5 Å². The molecule has 1 aliphatic rings. The largest absolute Gasteiger partial charge is 0.338 e. The zero-order valence-corrected chi connectivity index (χ0v) is 11.0. The average Bonchev–Trinajstić information content (AvgIpc) is 2.64. The molecule has 17 heavy (non-hydrogen) atoms. The maximum absolute atomic E-state index is 5.29. The van der Waals surface area contributed by atoms with Gasteiger partial charge in [-0.15, -0.1) is 0 Å². The second-order valence-corrected chi connectivity index (χ2v) is 5.87. The summed E-state index contributed by atoms with van der Waals surface area (Å²) >= 11 is 0. The predicted octanol–water partition coefficient (Wildman–Crippen LogP) is 1.06. The van der Waals surface area contributed by atoms with Crippen molar-refractivity contribution in [1.29, 1.82) is 0 Å². The molecule has 0 atom stereocenters. The van der Waals surface area contributed by atoms with E-state index >= 15 is 0 Å². The van der Waals surface area contributed by atoms with Gasteiger partial charge in [0.2, 0.25) is 5.89 Å². The van der Waals surface area contributed by atoms with Crippen molar-refractivity contribution in [2.75, 3.05) is 26.2 Å². The summed E-state index contributed by atoms with van der Waals surface area (Å²) in [5.41, 5.74) is 0.205. The van der Waals surface area contributed by atoms with Crippen LogP contribution in [-0.2, 0) is 13.0 Å². The molecule has 0 saturated carbocycles. The zero-order chi connectivity index (χ0) is 12.3. The number of rotatable bonds is 3. The second-order valence-electron chi connectivity index (χ2n) is 5.87. The van der Waals surface area contributed by atoms with Gasteiger partial charge in [-0.2, -0.15) is 4.98 Å². The van der Waals surface area contributed by atoms with E-state index in [2.05, 4.69) is 41.1 Å². The summed E-state index contributed by atoms with van der Waals surface area (Å²) in [6.07, 6.45) is 0.859. The van der Waals surface area contributed by atoms with Gasteiger partial charge in [-0.1, -0.05) is 25.9 Å². The third-order valence-electron chi connectivity index (χ3n) is 2.77. The highest BCUT2D eigenvalue weighted by atomic mass is 16.5. The average molecular weight is 238 g/mol. The van der Waals surface area contributed by atoms with Gasteiger partial charge in [0.15, 0.2) is 5.82 Å². The third-order valence-corrected chi connectivity index (χ3v) is 2.77. The Bertz CT molecular complexity index is 350. The fraction of sp³-hybridized carbons (Fsp3) is 0.833. The molecule has 0 spiro atoms. The van der Waals surface area contributed by atoms with Gasteiger partial charge in [-0.05, 0) is 5.41 Å². The smallest absolute Gasteiger partial charge is 0.240 e. The zero-order valence-electron chi connectivity index (χ0n) is 11.0. The Kier molecular flexibility index (Phi) is 3.79. The number of nitrogens with one attached hydrogen (secondary N) is 1. The van der Waals surface area contributed by atoms with Crippen molar-refractivity contribution in [1.82, 2.24) is 20.4 Å². The van der Waals surface area contributed by atoms with Crippen molar-refractivity contribution in [3.8, 4) is 0 Å². The van der Waals surface area contributed by atoms with Gasteiger partial charge in [-0.25, -0.2) is 0 Å². The first-order valence-electron chi connectivity index (χ1n) is 6.27. The Morgan fingerprint density at radius 2 is 2.00 bits per heavy atom. The second kappa shape index (κ2) is 5.14. The number of aromatic nitrogens is 2. The molecule has 0 bridgehead atoms. The van der Waals surface area contributed by atoms with E-state index in [-0.39, 0.29) is 5.41 Å². The molecule has 96 valence electrons. The first-order valence-corrected chi connectivity index (χ1v) is 6.27. The van der Waals surface area contributed by atoms with Gasteiger partial charge in [0, 0.05) is 32.6 Å². The molecule has 1 saturated heterocycles. The maximum Gasteiger partial charge on any atom is 0.240 e. The topological polar surface area (TPSA) is 54.2 Å². The van der Waals surface area contributed by atoms with Crippen molar-refractivity contribution in [3.63, 3.8) is 0 Å². The van der Waals surface area contributed by atoms with E-state index in [0.717, 1.165) is 50.9 Å². The van der Waals surface area contributed by atoms with Crippen LogP contribution in [0.4, 0.5) is 0 Å². The fourth-order valence-corrected chi connectivity index (χ4v) is 1.96. The normalized spacial score (nSPS) is 18.5. The van der Waals surface area contributed by atoms with Crippen LogP contribution in [0.15, 0.2) is 4.52 Å². The van der Waals surface area contributed by atoms with Gasteiger partial charge in [-0.3, -0.25) is 4.90 Å². The monoisotopic (exact) mass is 238 g/mol. The molecular formula is C12H22N4O. The summed E-state index contributed by atoms with van der Waals surface area (Å²) in [7, 11) is 0. The van der Waals surface area contributed by atoms with E-state index in [0.29, 0.717) is 0 Å². The van der Waals surface area contributed by atoms with E-state index in [4.69, 9.17) is 4.52 Å². The highest BCUT2D eigenvalue weighted by Crippen LogP contribution is 2.18. The molecule has 1 aliphatic heterocycles. The van der Waals surface area contributed by atoms with Crippen LogP contribution in [0.5, 0.6) is 0 Å². The minimum absolute atomic E-state index is 0.205. The molecule has 0 aromatic carbocycles. The Labute approximate surface area is 103 Å². The molecule has 1 aromatic heterocycles. The Hall–Kier alpha value is -0.940. The summed E-state index contributed by atoms with van der Waals surface area (Å²) < 4.78 is 5.29. The summed E-state index contributed by atoms with van der Waals surface area (Å²) in [4.78, 5) is 6.79. The van der Waals surface area contributed by atoms with E-state index in [1.807, 2.05) is 0 Å². The lowest BCUT2D eigenvalue weighted by Crippen LogP contribution is -2.42. The molecule has 5 heteroatoms. The number of hydrogen-bond acceptors (Lipinski definition) is 5. The van der Waals surface area contributed by atoms with E-state index in [1.165, 1.54) is 0 Å². The summed E-state index contributed by atoms with van der Waals surface area (Å²) in [5, 5.41) is 7.37. The van der Waals surface area contributed by atoms with E-state index in [9.17, 15) is 0 Å². The lowest BCUT2D eigenvalue weighted by atomic mass is 9.92. The highest BCUT2D eigenvalue weighted by Gasteiger charge is 2.18. The number of nitrogens with zero attached hydrogens (tertiary/aromatic N) is 3. The van der Waals surface area contributed by atoms with Crippen LogP contribution in [0.25, 0.3) is 0 Å². The van der Waals surface area contributed by atoms with Crippen molar-refractivity contribution < 1.29 is 4.52 Å². The van der Waals surface area contributed by atoms with E-state index in [1.54, 1.807) is 0 Å². The van der Waals surface area contributed by atoms with Crippen LogP contribution in [-0.4, -0.2) is 41.2 Å². The summed E-state index contributed by atoms with van der Waals surface area (Å²) in [6.45, 7) is 11.5. The molecule has 0 amide bonds.